The SMILES string of the molecule is Cn1ccc2c1CCN(N1CCCCC1)C2=O. The van der Waals surface area contributed by atoms with Gasteiger partial charge in [0.25, 0.3) is 5.91 Å². The van der Waals surface area contributed by atoms with Gasteiger partial charge in [-0.15, -0.1) is 0 Å². The van der Waals surface area contributed by atoms with Gasteiger partial charge in [0.05, 0.1) is 5.56 Å². The molecule has 0 radical (unpaired) electrons. The minimum Gasteiger partial charge on any atom is -0.354 e. The molecule has 1 saturated heterocycles. The van der Waals surface area contributed by atoms with Crippen molar-refractivity contribution in [3.05, 3.63) is 23.5 Å². The minimum atomic E-state index is 0.189. The largest absolute Gasteiger partial charge is 0.354 e. The number of hydrogen-bond acceptors (Lipinski definition) is 2. The molecule has 17 heavy (non-hydrogen) atoms. The zero-order valence-electron chi connectivity index (χ0n) is 10.4. The zero-order chi connectivity index (χ0) is 11.8. The molecule has 0 aliphatic carbocycles. The van der Waals surface area contributed by atoms with Crippen molar-refractivity contribution in [2.45, 2.75) is 25.7 Å². The molecule has 3 rings (SSSR count). The predicted octanol–water partition coefficient (Wildman–Crippen LogP) is 1.42. The van der Waals surface area contributed by atoms with Gasteiger partial charge in [-0.25, -0.2) is 5.01 Å². The van der Waals surface area contributed by atoms with Crippen LogP contribution in [0.25, 0.3) is 0 Å². The monoisotopic (exact) mass is 233 g/mol. The fourth-order valence-corrected chi connectivity index (χ4v) is 2.91. The molecule has 4 nitrogen and oxygen atoms in total. The van der Waals surface area contributed by atoms with Crippen molar-refractivity contribution >= 4 is 5.91 Å². The first kappa shape index (κ1) is 10.8. The Labute approximate surface area is 102 Å². The van der Waals surface area contributed by atoms with E-state index in [1.165, 1.54) is 25.0 Å². The number of carbonyl (C=O) groups is 1. The quantitative estimate of drug-likeness (QED) is 0.734. The molecule has 0 bridgehead atoms. The molecule has 0 spiro atoms. The van der Waals surface area contributed by atoms with E-state index in [1.807, 2.05) is 24.3 Å². The fourth-order valence-electron chi connectivity index (χ4n) is 2.91. The van der Waals surface area contributed by atoms with Crippen molar-refractivity contribution in [3.8, 4) is 0 Å². The normalized spacial score (nSPS) is 21.7. The van der Waals surface area contributed by atoms with Crippen molar-refractivity contribution in [3.63, 3.8) is 0 Å². The summed E-state index contributed by atoms with van der Waals surface area (Å²) in [7, 11) is 2.02. The van der Waals surface area contributed by atoms with Crippen LogP contribution in [0.3, 0.4) is 0 Å². The van der Waals surface area contributed by atoms with Crippen LogP contribution in [0.2, 0.25) is 0 Å². The molecular formula is C13H19N3O. The topological polar surface area (TPSA) is 28.5 Å². The smallest absolute Gasteiger partial charge is 0.270 e. The molecule has 3 heterocycles. The van der Waals surface area contributed by atoms with Gasteiger partial charge < -0.3 is 4.57 Å². The Morgan fingerprint density at radius 1 is 1.12 bits per heavy atom. The van der Waals surface area contributed by atoms with Gasteiger partial charge in [0.15, 0.2) is 0 Å². The Bertz CT molecular complexity index is 432. The summed E-state index contributed by atoms with van der Waals surface area (Å²) < 4.78 is 2.07. The van der Waals surface area contributed by atoms with Crippen molar-refractivity contribution in [1.82, 2.24) is 14.6 Å². The number of amides is 1. The van der Waals surface area contributed by atoms with Gasteiger partial charge in [-0.2, -0.15) is 0 Å². The molecule has 1 fully saturated rings. The van der Waals surface area contributed by atoms with E-state index in [9.17, 15) is 4.79 Å². The van der Waals surface area contributed by atoms with Crippen LogP contribution in [0.4, 0.5) is 0 Å². The van der Waals surface area contributed by atoms with E-state index >= 15 is 0 Å². The van der Waals surface area contributed by atoms with Crippen LogP contribution in [-0.4, -0.2) is 40.1 Å². The zero-order valence-corrected chi connectivity index (χ0v) is 10.4. The maximum absolute atomic E-state index is 12.4. The van der Waals surface area contributed by atoms with Crippen molar-refractivity contribution in [1.29, 1.82) is 0 Å². The number of hydrogen-bond donors (Lipinski definition) is 0. The van der Waals surface area contributed by atoms with Crippen LogP contribution >= 0.6 is 0 Å². The molecule has 0 unspecified atom stereocenters. The Morgan fingerprint density at radius 3 is 2.65 bits per heavy atom. The summed E-state index contributed by atoms with van der Waals surface area (Å²) in [5, 5.41) is 4.20. The summed E-state index contributed by atoms with van der Waals surface area (Å²) in [4.78, 5) is 12.4. The second-order valence-electron chi connectivity index (χ2n) is 4.98. The fraction of sp³-hybridized carbons (Fsp3) is 0.615. The lowest BCUT2D eigenvalue weighted by Crippen LogP contribution is -2.51. The number of aryl methyl sites for hydroxylation is 1. The second-order valence-corrected chi connectivity index (χ2v) is 4.98. The van der Waals surface area contributed by atoms with Gasteiger partial charge in [0.2, 0.25) is 0 Å². The Morgan fingerprint density at radius 2 is 1.88 bits per heavy atom. The van der Waals surface area contributed by atoms with E-state index in [0.29, 0.717) is 0 Å². The summed E-state index contributed by atoms with van der Waals surface area (Å²) in [5.74, 6) is 0.189. The number of rotatable bonds is 1. The Hall–Kier alpha value is -1.29. The van der Waals surface area contributed by atoms with E-state index in [1.54, 1.807) is 0 Å². The number of nitrogens with zero attached hydrogens (tertiary/aromatic N) is 3. The highest BCUT2D eigenvalue weighted by atomic mass is 16.2. The van der Waals surface area contributed by atoms with Crippen LogP contribution < -0.4 is 0 Å². The maximum atomic E-state index is 12.4. The second kappa shape index (κ2) is 4.18. The van der Waals surface area contributed by atoms with E-state index < -0.39 is 0 Å². The molecule has 0 N–H and O–H groups in total. The lowest BCUT2D eigenvalue weighted by atomic mass is 10.1. The third-order valence-electron chi connectivity index (χ3n) is 3.90. The number of carbonyl (C=O) groups excluding carboxylic acids is 1. The van der Waals surface area contributed by atoms with Gasteiger partial charge in [0, 0.05) is 45.0 Å². The summed E-state index contributed by atoms with van der Waals surface area (Å²) in [6.45, 7) is 2.91. The molecule has 0 saturated carbocycles. The van der Waals surface area contributed by atoms with E-state index in [2.05, 4.69) is 9.58 Å². The lowest BCUT2D eigenvalue weighted by Gasteiger charge is -2.39. The van der Waals surface area contributed by atoms with Crippen molar-refractivity contribution in [2.24, 2.45) is 7.05 Å². The van der Waals surface area contributed by atoms with Gasteiger partial charge in [0.1, 0.15) is 0 Å². The average molecular weight is 233 g/mol. The molecule has 0 atom stereocenters. The van der Waals surface area contributed by atoms with E-state index in [0.717, 1.165) is 31.6 Å². The molecule has 1 amide bonds. The number of aromatic nitrogens is 1. The lowest BCUT2D eigenvalue weighted by molar-refractivity contribution is -0.0237. The first-order valence-electron chi connectivity index (χ1n) is 6.48. The van der Waals surface area contributed by atoms with Crippen LogP contribution in [-0.2, 0) is 13.5 Å². The third kappa shape index (κ3) is 1.76. The van der Waals surface area contributed by atoms with E-state index in [4.69, 9.17) is 0 Å². The molecule has 92 valence electrons. The molecule has 1 aromatic heterocycles. The summed E-state index contributed by atoms with van der Waals surface area (Å²) in [6.07, 6.45) is 6.69. The first-order valence-corrected chi connectivity index (χ1v) is 6.48. The highest BCUT2D eigenvalue weighted by molar-refractivity contribution is 5.96. The molecule has 0 aromatic carbocycles. The van der Waals surface area contributed by atoms with Gasteiger partial charge >= 0.3 is 0 Å². The van der Waals surface area contributed by atoms with E-state index in [-0.39, 0.29) is 5.91 Å². The number of fused-ring (bicyclic) bond motifs is 1. The number of piperidine rings is 1. The maximum Gasteiger partial charge on any atom is 0.270 e. The summed E-state index contributed by atoms with van der Waals surface area (Å²) in [6, 6.07) is 1.95. The van der Waals surface area contributed by atoms with Crippen LogP contribution in [0.1, 0.15) is 35.3 Å². The summed E-state index contributed by atoms with van der Waals surface area (Å²) in [5.41, 5.74) is 2.08. The number of hydrazine groups is 1. The minimum absolute atomic E-state index is 0.189. The highest BCUT2D eigenvalue weighted by Crippen LogP contribution is 2.22. The molecule has 2 aliphatic rings. The standard InChI is InChI=1S/C13H19N3O/c1-14-9-5-11-12(14)6-10-16(13(11)17)15-7-3-2-4-8-15/h5,9H,2-4,6-8,10H2,1H3. The van der Waals surface area contributed by atoms with Gasteiger partial charge in [-0.1, -0.05) is 6.42 Å². The molecule has 2 aliphatic heterocycles. The average Bonchev–Trinajstić information content (AvgIpc) is 2.74. The molecule has 1 aromatic rings. The summed E-state index contributed by atoms with van der Waals surface area (Å²) >= 11 is 0. The van der Waals surface area contributed by atoms with Gasteiger partial charge in [-0.05, 0) is 18.9 Å². The van der Waals surface area contributed by atoms with Crippen molar-refractivity contribution in [2.75, 3.05) is 19.6 Å². The third-order valence-corrected chi connectivity index (χ3v) is 3.90. The Kier molecular flexibility index (Phi) is 2.67. The predicted molar refractivity (Wildman–Crippen MR) is 65.6 cm³/mol. The Balaban J connectivity index is 1.83. The first-order chi connectivity index (χ1) is 8.27. The van der Waals surface area contributed by atoms with Crippen molar-refractivity contribution < 1.29 is 4.79 Å². The van der Waals surface area contributed by atoms with Crippen LogP contribution in [0, 0.1) is 0 Å². The van der Waals surface area contributed by atoms with Gasteiger partial charge in [-0.3, -0.25) is 9.80 Å². The van der Waals surface area contributed by atoms with Crippen LogP contribution in [0.5, 0.6) is 0 Å². The molecule has 4 heteroatoms. The highest BCUT2D eigenvalue weighted by Gasteiger charge is 2.30. The van der Waals surface area contributed by atoms with Crippen LogP contribution in [0.15, 0.2) is 12.3 Å². The molecular weight excluding hydrogens is 214 g/mol.